The largest absolute Gasteiger partial charge is 0.389 e. The molecule has 0 bridgehead atoms. The molecule has 1 aromatic rings. The molecule has 0 aliphatic carbocycles. The molecular formula is C12H17FN2S. The van der Waals surface area contributed by atoms with Gasteiger partial charge < -0.3 is 10.6 Å². The van der Waals surface area contributed by atoms with Gasteiger partial charge in [-0.05, 0) is 18.1 Å². The number of rotatable bonds is 4. The zero-order chi connectivity index (χ0) is 12.3. The molecule has 16 heavy (non-hydrogen) atoms. The number of thiocarbonyl (C=S) groups is 1. The van der Waals surface area contributed by atoms with E-state index in [1.54, 1.807) is 6.07 Å². The first-order valence-corrected chi connectivity index (χ1v) is 5.63. The molecule has 1 rings (SSSR count). The Hall–Kier alpha value is -1.16. The normalized spacial score (nSPS) is 10.6. The molecule has 0 heterocycles. The third-order valence-corrected chi connectivity index (χ3v) is 2.49. The maximum atomic E-state index is 13.6. The Morgan fingerprint density at radius 2 is 2.12 bits per heavy atom. The van der Waals surface area contributed by atoms with Crippen LogP contribution < -0.4 is 10.6 Å². The third kappa shape index (κ3) is 2.92. The van der Waals surface area contributed by atoms with Gasteiger partial charge in [0.15, 0.2) is 0 Å². The molecular weight excluding hydrogens is 223 g/mol. The molecule has 88 valence electrons. The fourth-order valence-corrected chi connectivity index (χ4v) is 1.92. The van der Waals surface area contributed by atoms with E-state index in [1.807, 2.05) is 18.0 Å². The van der Waals surface area contributed by atoms with E-state index >= 15 is 0 Å². The molecule has 0 aromatic heterocycles. The Labute approximate surface area is 101 Å². The van der Waals surface area contributed by atoms with E-state index in [-0.39, 0.29) is 10.8 Å². The highest BCUT2D eigenvalue weighted by Gasteiger charge is 2.14. The van der Waals surface area contributed by atoms with Crippen LogP contribution in [-0.4, -0.2) is 18.6 Å². The van der Waals surface area contributed by atoms with Crippen molar-refractivity contribution in [2.24, 2.45) is 11.7 Å². The van der Waals surface area contributed by atoms with Crippen LogP contribution in [0.2, 0.25) is 0 Å². The van der Waals surface area contributed by atoms with Gasteiger partial charge in [0.25, 0.3) is 0 Å². The van der Waals surface area contributed by atoms with E-state index in [9.17, 15) is 4.39 Å². The second-order valence-electron chi connectivity index (χ2n) is 4.27. The van der Waals surface area contributed by atoms with Crippen molar-refractivity contribution in [3.05, 3.63) is 29.6 Å². The second kappa shape index (κ2) is 5.25. The van der Waals surface area contributed by atoms with Crippen LogP contribution in [0.3, 0.4) is 0 Å². The Bertz CT molecular complexity index is 391. The molecule has 2 N–H and O–H groups in total. The SMILES string of the molecule is CC(C)CN(C)c1cccc(F)c1C(N)=S. The fourth-order valence-electron chi connectivity index (χ4n) is 1.72. The maximum absolute atomic E-state index is 13.6. The van der Waals surface area contributed by atoms with Gasteiger partial charge in [-0.1, -0.05) is 32.1 Å². The number of nitrogens with zero attached hydrogens (tertiary/aromatic N) is 1. The minimum atomic E-state index is -0.361. The monoisotopic (exact) mass is 240 g/mol. The summed E-state index contributed by atoms with van der Waals surface area (Å²) in [5.74, 6) is 0.132. The molecule has 4 heteroatoms. The van der Waals surface area contributed by atoms with Gasteiger partial charge in [0.05, 0.1) is 5.56 Å². The van der Waals surface area contributed by atoms with Gasteiger partial charge in [-0.25, -0.2) is 4.39 Å². The number of halogens is 1. The molecule has 0 aliphatic heterocycles. The summed E-state index contributed by atoms with van der Waals surface area (Å²) in [6, 6.07) is 4.88. The molecule has 0 saturated carbocycles. The van der Waals surface area contributed by atoms with E-state index in [1.165, 1.54) is 6.07 Å². The van der Waals surface area contributed by atoms with Crippen molar-refractivity contribution < 1.29 is 4.39 Å². The van der Waals surface area contributed by atoms with Crippen molar-refractivity contribution in [2.75, 3.05) is 18.5 Å². The van der Waals surface area contributed by atoms with Crippen LogP contribution in [0.15, 0.2) is 18.2 Å². The van der Waals surface area contributed by atoms with E-state index in [0.717, 1.165) is 12.2 Å². The average Bonchev–Trinajstić information content (AvgIpc) is 2.15. The summed E-state index contributed by atoms with van der Waals surface area (Å²) in [5.41, 5.74) is 6.63. The zero-order valence-corrected chi connectivity index (χ0v) is 10.6. The highest BCUT2D eigenvalue weighted by atomic mass is 32.1. The van der Waals surface area contributed by atoms with Gasteiger partial charge in [0, 0.05) is 19.3 Å². The molecule has 0 saturated heterocycles. The Kier molecular flexibility index (Phi) is 4.24. The van der Waals surface area contributed by atoms with Gasteiger partial charge >= 0.3 is 0 Å². The molecule has 2 nitrogen and oxygen atoms in total. The Balaban J connectivity index is 3.12. The predicted octanol–water partition coefficient (Wildman–Crippen LogP) is 2.55. The van der Waals surface area contributed by atoms with Crippen LogP contribution in [0.1, 0.15) is 19.4 Å². The molecule has 0 unspecified atom stereocenters. The van der Waals surface area contributed by atoms with Gasteiger partial charge in [0.2, 0.25) is 0 Å². The van der Waals surface area contributed by atoms with E-state index in [4.69, 9.17) is 18.0 Å². The van der Waals surface area contributed by atoms with Gasteiger partial charge in [-0.15, -0.1) is 0 Å². The summed E-state index contributed by atoms with van der Waals surface area (Å²) in [5, 5.41) is 0. The quantitative estimate of drug-likeness (QED) is 0.820. The zero-order valence-electron chi connectivity index (χ0n) is 9.83. The minimum absolute atomic E-state index is 0.101. The lowest BCUT2D eigenvalue weighted by Gasteiger charge is -2.24. The predicted molar refractivity (Wildman–Crippen MR) is 70.4 cm³/mol. The molecule has 0 amide bonds. The average molecular weight is 240 g/mol. The molecule has 0 aliphatic rings. The van der Waals surface area contributed by atoms with Crippen molar-refractivity contribution in [3.8, 4) is 0 Å². The van der Waals surface area contributed by atoms with Crippen molar-refractivity contribution in [1.29, 1.82) is 0 Å². The summed E-state index contributed by atoms with van der Waals surface area (Å²) in [4.78, 5) is 2.08. The first-order valence-electron chi connectivity index (χ1n) is 5.23. The first-order chi connectivity index (χ1) is 7.43. The summed E-state index contributed by atoms with van der Waals surface area (Å²) >= 11 is 4.88. The summed E-state index contributed by atoms with van der Waals surface area (Å²) in [6.07, 6.45) is 0. The number of nitrogens with two attached hydrogens (primary N) is 1. The lowest BCUT2D eigenvalue weighted by Crippen LogP contribution is -2.26. The van der Waals surface area contributed by atoms with Crippen LogP contribution in [0.5, 0.6) is 0 Å². The van der Waals surface area contributed by atoms with Crippen molar-refractivity contribution >= 4 is 22.9 Å². The van der Waals surface area contributed by atoms with Gasteiger partial charge in [0.1, 0.15) is 10.8 Å². The topological polar surface area (TPSA) is 29.3 Å². The molecule has 0 atom stereocenters. The number of hydrogen-bond acceptors (Lipinski definition) is 2. The van der Waals surface area contributed by atoms with E-state index < -0.39 is 0 Å². The Morgan fingerprint density at radius 1 is 1.50 bits per heavy atom. The minimum Gasteiger partial charge on any atom is -0.389 e. The van der Waals surface area contributed by atoms with Crippen LogP contribution >= 0.6 is 12.2 Å². The molecule has 0 radical (unpaired) electrons. The van der Waals surface area contributed by atoms with Crippen molar-refractivity contribution in [1.82, 2.24) is 0 Å². The van der Waals surface area contributed by atoms with Gasteiger partial charge in [-0.3, -0.25) is 0 Å². The Morgan fingerprint density at radius 3 is 2.62 bits per heavy atom. The van der Waals surface area contributed by atoms with Crippen LogP contribution in [0, 0.1) is 11.7 Å². The maximum Gasteiger partial charge on any atom is 0.135 e. The molecule has 0 spiro atoms. The molecule has 1 aromatic carbocycles. The summed E-state index contributed by atoms with van der Waals surface area (Å²) < 4.78 is 13.6. The standard InChI is InChI=1S/C12H17FN2S/c1-8(2)7-15(3)10-6-4-5-9(13)11(10)12(14)16/h4-6,8H,7H2,1-3H3,(H2,14,16). The molecule has 0 fully saturated rings. The smallest absolute Gasteiger partial charge is 0.135 e. The van der Waals surface area contributed by atoms with Crippen LogP contribution in [-0.2, 0) is 0 Å². The highest BCUT2D eigenvalue weighted by Crippen LogP contribution is 2.22. The number of benzene rings is 1. The van der Waals surface area contributed by atoms with Gasteiger partial charge in [-0.2, -0.15) is 0 Å². The van der Waals surface area contributed by atoms with Crippen molar-refractivity contribution in [3.63, 3.8) is 0 Å². The summed E-state index contributed by atoms with van der Waals surface area (Å²) in [6.45, 7) is 5.05. The lowest BCUT2D eigenvalue weighted by molar-refractivity contribution is 0.617. The number of anilines is 1. The van der Waals surface area contributed by atoms with E-state index in [0.29, 0.717) is 11.5 Å². The fraction of sp³-hybridized carbons (Fsp3) is 0.417. The third-order valence-electron chi connectivity index (χ3n) is 2.29. The van der Waals surface area contributed by atoms with Crippen molar-refractivity contribution in [2.45, 2.75) is 13.8 Å². The number of hydrogen-bond donors (Lipinski definition) is 1. The lowest BCUT2D eigenvalue weighted by atomic mass is 10.1. The first kappa shape index (κ1) is 12.9. The summed E-state index contributed by atoms with van der Waals surface area (Å²) in [7, 11) is 1.91. The highest BCUT2D eigenvalue weighted by molar-refractivity contribution is 7.80. The van der Waals surface area contributed by atoms with E-state index in [2.05, 4.69) is 13.8 Å². The second-order valence-corrected chi connectivity index (χ2v) is 4.71. The van der Waals surface area contributed by atoms with Crippen LogP contribution in [0.25, 0.3) is 0 Å². The van der Waals surface area contributed by atoms with Crippen LogP contribution in [0.4, 0.5) is 10.1 Å².